The lowest BCUT2D eigenvalue weighted by Gasteiger charge is -2.61. The molecule has 1 saturated heterocycles. The summed E-state index contributed by atoms with van der Waals surface area (Å²) in [5.74, 6) is 1.44. The molecule has 5 atom stereocenters. The van der Waals surface area contributed by atoms with Crippen molar-refractivity contribution in [3.63, 3.8) is 0 Å². The SMILES string of the molecule is COc1ccc2c3c1O[C@H]1C(O)CCC4(O)[C@@H](C2)NCC[C@]314. The van der Waals surface area contributed by atoms with Crippen LogP contribution in [0.25, 0.3) is 0 Å². The number of aliphatic hydroxyl groups excluding tert-OH is 1. The molecule has 3 N–H and O–H groups in total. The molecule has 5 heteroatoms. The smallest absolute Gasteiger partial charge is 0.166 e. The van der Waals surface area contributed by atoms with Gasteiger partial charge >= 0.3 is 0 Å². The summed E-state index contributed by atoms with van der Waals surface area (Å²) in [4.78, 5) is 0. The summed E-state index contributed by atoms with van der Waals surface area (Å²) < 4.78 is 11.7. The second-order valence-electron chi connectivity index (χ2n) is 7.13. The van der Waals surface area contributed by atoms with Gasteiger partial charge in [-0.05, 0) is 43.9 Å². The number of piperidine rings is 1. The van der Waals surface area contributed by atoms with Gasteiger partial charge in [0, 0.05) is 11.6 Å². The first-order valence-corrected chi connectivity index (χ1v) is 8.12. The van der Waals surface area contributed by atoms with Crippen LogP contribution in [0, 0.1) is 0 Å². The Balaban J connectivity index is 1.85. The van der Waals surface area contributed by atoms with Crippen LogP contribution in [0.2, 0.25) is 0 Å². The molecule has 0 aromatic heterocycles. The summed E-state index contributed by atoms with van der Waals surface area (Å²) in [6.07, 6.45) is 1.86. The van der Waals surface area contributed by atoms with Gasteiger partial charge in [-0.15, -0.1) is 0 Å². The van der Waals surface area contributed by atoms with Gasteiger partial charge in [-0.3, -0.25) is 0 Å². The summed E-state index contributed by atoms with van der Waals surface area (Å²) in [6, 6.07) is 4.06. The molecule has 118 valence electrons. The van der Waals surface area contributed by atoms with E-state index in [1.165, 1.54) is 5.56 Å². The molecule has 0 radical (unpaired) electrons. The molecule has 4 aliphatic rings. The molecule has 2 heterocycles. The Kier molecular flexibility index (Phi) is 2.37. The maximum Gasteiger partial charge on any atom is 0.166 e. The zero-order valence-corrected chi connectivity index (χ0v) is 12.6. The fourth-order valence-corrected chi connectivity index (χ4v) is 5.57. The molecular formula is C17H21NO4. The van der Waals surface area contributed by atoms with Gasteiger partial charge < -0.3 is 25.0 Å². The van der Waals surface area contributed by atoms with Gasteiger partial charge in [0.15, 0.2) is 11.5 Å². The summed E-state index contributed by atoms with van der Waals surface area (Å²) in [5, 5.41) is 25.7. The van der Waals surface area contributed by atoms with Crippen molar-refractivity contribution in [1.82, 2.24) is 5.32 Å². The largest absolute Gasteiger partial charge is 0.493 e. The highest BCUT2D eigenvalue weighted by Gasteiger charge is 2.71. The average molecular weight is 303 g/mol. The van der Waals surface area contributed by atoms with Crippen LogP contribution in [0.3, 0.4) is 0 Å². The second kappa shape index (κ2) is 3.96. The number of methoxy groups -OCH3 is 1. The summed E-state index contributed by atoms with van der Waals surface area (Å²) in [7, 11) is 1.64. The van der Waals surface area contributed by atoms with Gasteiger partial charge in [0.25, 0.3) is 0 Å². The van der Waals surface area contributed by atoms with Crippen LogP contribution in [0.4, 0.5) is 0 Å². The quantitative estimate of drug-likeness (QED) is 0.705. The van der Waals surface area contributed by atoms with E-state index in [2.05, 4.69) is 11.4 Å². The molecule has 1 spiro atoms. The summed E-state index contributed by atoms with van der Waals surface area (Å²) in [5.41, 5.74) is 0.961. The van der Waals surface area contributed by atoms with Crippen molar-refractivity contribution in [2.45, 2.75) is 54.9 Å². The first-order valence-electron chi connectivity index (χ1n) is 8.12. The van der Waals surface area contributed by atoms with Crippen LogP contribution in [0.1, 0.15) is 30.4 Å². The summed E-state index contributed by atoms with van der Waals surface area (Å²) in [6.45, 7) is 0.843. The number of nitrogens with one attached hydrogen (secondary N) is 1. The highest BCUT2D eigenvalue weighted by atomic mass is 16.5. The van der Waals surface area contributed by atoms with E-state index in [1.807, 2.05) is 6.07 Å². The van der Waals surface area contributed by atoms with Crippen molar-refractivity contribution in [3.05, 3.63) is 23.3 Å². The number of benzene rings is 1. The van der Waals surface area contributed by atoms with E-state index in [4.69, 9.17) is 9.47 Å². The van der Waals surface area contributed by atoms with Gasteiger partial charge in [0.2, 0.25) is 0 Å². The van der Waals surface area contributed by atoms with Crippen molar-refractivity contribution >= 4 is 0 Å². The average Bonchev–Trinajstić information content (AvgIpc) is 2.85. The Morgan fingerprint density at radius 1 is 1.36 bits per heavy atom. The fourth-order valence-electron chi connectivity index (χ4n) is 5.57. The van der Waals surface area contributed by atoms with Crippen LogP contribution in [-0.4, -0.2) is 47.7 Å². The molecule has 2 aliphatic carbocycles. The minimum Gasteiger partial charge on any atom is -0.493 e. The molecule has 2 aliphatic heterocycles. The van der Waals surface area contributed by atoms with Crippen LogP contribution in [0.15, 0.2) is 12.1 Å². The third-order valence-corrected chi connectivity index (χ3v) is 6.46. The molecule has 2 bridgehead atoms. The van der Waals surface area contributed by atoms with Crippen LogP contribution >= 0.6 is 0 Å². The monoisotopic (exact) mass is 303 g/mol. The Morgan fingerprint density at radius 3 is 3.05 bits per heavy atom. The highest BCUT2D eigenvalue weighted by molar-refractivity contribution is 5.62. The number of hydrogen-bond acceptors (Lipinski definition) is 5. The number of ether oxygens (including phenoxy) is 2. The molecule has 2 fully saturated rings. The van der Waals surface area contributed by atoms with Gasteiger partial charge in [0.1, 0.15) is 6.10 Å². The summed E-state index contributed by atoms with van der Waals surface area (Å²) >= 11 is 0. The van der Waals surface area contributed by atoms with Crippen molar-refractivity contribution in [2.75, 3.05) is 13.7 Å². The molecule has 1 aromatic carbocycles. The Labute approximate surface area is 129 Å². The number of rotatable bonds is 1. The van der Waals surface area contributed by atoms with Crippen LogP contribution < -0.4 is 14.8 Å². The second-order valence-corrected chi connectivity index (χ2v) is 7.13. The van der Waals surface area contributed by atoms with E-state index in [-0.39, 0.29) is 12.1 Å². The standard InChI is InChI=1S/C17H21NO4/c1-21-11-3-2-9-8-12-17(20)5-4-10(19)15-16(17,6-7-18-12)13(9)14(11)22-15/h2-3,10,12,15,18-20H,4-8H2,1H3/t10?,12-,15+,16+,17?/m1/s1. The zero-order valence-electron chi connectivity index (χ0n) is 12.6. The Bertz CT molecular complexity index is 662. The van der Waals surface area contributed by atoms with E-state index in [0.717, 1.165) is 30.7 Å². The van der Waals surface area contributed by atoms with Crippen LogP contribution in [0.5, 0.6) is 11.5 Å². The van der Waals surface area contributed by atoms with E-state index in [1.54, 1.807) is 7.11 Å². The van der Waals surface area contributed by atoms with Crippen LogP contribution in [-0.2, 0) is 11.8 Å². The Hall–Kier alpha value is -1.30. The maximum atomic E-state index is 11.6. The van der Waals surface area contributed by atoms with Crippen molar-refractivity contribution < 1.29 is 19.7 Å². The van der Waals surface area contributed by atoms with Crippen molar-refractivity contribution in [1.29, 1.82) is 0 Å². The number of aliphatic hydroxyl groups is 2. The minimum atomic E-state index is -0.847. The Morgan fingerprint density at radius 2 is 2.23 bits per heavy atom. The zero-order chi connectivity index (χ0) is 15.1. The van der Waals surface area contributed by atoms with Gasteiger partial charge in [-0.2, -0.15) is 0 Å². The molecule has 1 aromatic rings. The van der Waals surface area contributed by atoms with E-state index in [9.17, 15) is 10.2 Å². The first-order chi connectivity index (χ1) is 10.6. The number of hydrogen-bond donors (Lipinski definition) is 3. The van der Waals surface area contributed by atoms with Crippen molar-refractivity contribution in [2.24, 2.45) is 0 Å². The fraction of sp³-hybridized carbons (Fsp3) is 0.647. The minimum absolute atomic E-state index is 0.0340. The molecule has 22 heavy (non-hydrogen) atoms. The normalized spacial score (nSPS) is 44.2. The van der Waals surface area contributed by atoms with Crippen molar-refractivity contribution in [3.8, 4) is 11.5 Å². The van der Waals surface area contributed by atoms with Gasteiger partial charge in [0.05, 0.1) is 24.2 Å². The molecule has 5 rings (SSSR count). The lowest BCUT2D eigenvalue weighted by atomic mass is 9.49. The topological polar surface area (TPSA) is 71.0 Å². The van der Waals surface area contributed by atoms with E-state index in [0.29, 0.717) is 18.6 Å². The maximum absolute atomic E-state index is 11.6. The van der Waals surface area contributed by atoms with E-state index >= 15 is 0 Å². The van der Waals surface area contributed by atoms with Gasteiger partial charge in [-0.1, -0.05) is 6.07 Å². The van der Waals surface area contributed by atoms with Gasteiger partial charge in [-0.25, -0.2) is 0 Å². The predicted molar refractivity (Wildman–Crippen MR) is 79.4 cm³/mol. The van der Waals surface area contributed by atoms with E-state index < -0.39 is 17.1 Å². The lowest BCUT2D eigenvalue weighted by Crippen LogP contribution is -2.76. The first kappa shape index (κ1) is 13.2. The molecule has 1 saturated carbocycles. The molecular weight excluding hydrogens is 282 g/mol. The third-order valence-electron chi connectivity index (χ3n) is 6.46. The highest BCUT2D eigenvalue weighted by Crippen LogP contribution is 2.64. The third kappa shape index (κ3) is 1.21. The molecule has 2 unspecified atom stereocenters. The molecule has 0 amide bonds. The predicted octanol–water partition coefficient (Wildman–Crippen LogP) is 0.498. The lowest BCUT2D eigenvalue weighted by molar-refractivity contribution is -0.179. The molecule has 5 nitrogen and oxygen atoms in total.